The van der Waals surface area contributed by atoms with Gasteiger partial charge in [0.1, 0.15) is 5.75 Å². The standard InChI is InChI=1S/C18H18N2O5/c1-11(21)19-14-5-2-12(3-6-14)9-17(23)20-15-8-13(10-18(24)25)4-7-16(15)22/h2-8,22H,9-10H2,1H3,(H,19,21)(H,20,23)(H,24,25). The van der Waals surface area contributed by atoms with Gasteiger partial charge in [0.2, 0.25) is 11.8 Å². The van der Waals surface area contributed by atoms with Gasteiger partial charge in [0.05, 0.1) is 18.5 Å². The van der Waals surface area contributed by atoms with Crippen molar-refractivity contribution >= 4 is 29.2 Å². The molecule has 0 bridgehead atoms. The number of phenolic OH excluding ortho intramolecular Hbond substituents is 1. The minimum atomic E-state index is -0.998. The van der Waals surface area contributed by atoms with Gasteiger partial charge in [-0.2, -0.15) is 0 Å². The number of anilines is 2. The summed E-state index contributed by atoms with van der Waals surface area (Å²) in [5, 5.41) is 23.8. The second-order valence-electron chi connectivity index (χ2n) is 5.53. The van der Waals surface area contributed by atoms with Gasteiger partial charge in [-0.3, -0.25) is 14.4 Å². The summed E-state index contributed by atoms with van der Waals surface area (Å²) >= 11 is 0. The first-order valence-electron chi connectivity index (χ1n) is 7.53. The molecule has 25 heavy (non-hydrogen) atoms. The average Bonchev–Trinajstić information content (AvgIpc) is 2.51. The van der Waals surface area contributed by atoms with E-state index in [-0.39, 0.29) is 36.1 Å². The Bertz CT molecular complexity index is 800. The Hall–Kier alpha value is -3.35. The lowest BCUT2D eigenvalue weighted by Gasteiger charge is -2.09. The number of carboxylic acid groups (broad SMARTS) is 1. The number of aromatic hydroxyl groups is 1. The molecule has 0 radical (unpaired) electrons. The van der Waals surface area contributed by atoms with Crippen LogP contribution in [-0.4, -0.2) is 28.0 Å². The van der Waals surface area contributed by atoms with Crippen LogP contribution < -0.4 is 10.6 Å². The number of amides is 2. The van der Waals surface area contributed by atoms with Gasteiger partial charge >= 0.3 is 5.97 Å². The fourth-order valence-corrected chi connectivity index (χ4v) is 2.26. The van der Waals surface area contributed by atoms with Crippen molar-refractivity contribution in [3.8, 4) is 5.75 Å². The molecule has 2 amide bonds. The van der Waals surface area contributed by atoms with Crippen LogP contribution in [0.25, 0.3) is 0 Å². The molecule has 2 aromatic rings. The average molecular weight is 342 g/mol. The maximum Gasteiger partial charge on any atom is 0.307 e. The molecular weight excluding hydrogens is 324 g/mol. The minimum absolute atomic E-state index is 0.0724. The number of carbonyl (C=O) groups excluding carboxylic acids is 2. The number of phenols is 1. The third-order valence-corrected chi connectivity index (χ3v) is 3.33. The number of carbonyl (C=O) groups is 3. The zero-order valence-electron chi connectivity index (χ0n) is 13.6. The van der Waals surface area contributed by atoms with Crippen LogP contribution in [0, 0.1) is 0 Å². The normalized spacial score (nSPS) is 10.1. The third-order valence-electron chi connectivity index (χ3n) is 3.33. The van der Waals surface area contributed by atoms with Crippen LogP contribution in [-0.2, 0) is 27.2 Å². The summed E-state index contributed by atoms with van der Waals surface area (Å²) in [5.41, 5.74) is 2.00. The molecule has 4 N–H and O–H groups in total. The van der Waals surface area contributed by atoms with Crippen LogP contribution in [0.4, 0.5) is 11.4 Å². The summed E-state index contributed by atoms with van der Waals surface area (Å²) in [4.78, 5) is 33.8. The summed E-state index contributed by atoms with van der Waals surface area (Å²) in [6, 6.07) is 11.1. The van der Waals surface area contributed by atoms with Crippen molar-refractivity contribution in [2.45, 2.75) is 19.8 Å². The molecule has 7 heteroatoms. The number of benzene rings is 2. The lowest BCUT2D eigenvalue weighted by Crippen LogP contribution is -2.15. The molecule has 0 atom stereocenters. The van der Waals surface area contributed by atoms with E-state index in [1.54, 1.807) is 24.3 Å². The first-order chi connectivity index (χ1) is 11.8. The quantitative estimate of drug-likeness (QED) is 0.600. The Morgan fingerprint density at radius 3 is 2.16 bits per heavy atom. The van der Waals surface area contributed by atoms with Crippen molar-refractivity contribution in [1.82, 2.24) is 0 Å². The zero-order chi connectivity index (χ0) is 18.4. The van der Waals surface area contributed by atoms with Crippen LogP contribution in [0.2, 0.25) is 0 Å². The van der Waals surface area contributed by atoms with Gasteiger partial charge in [-0.25, -0.2) is 0 Å². The molecule has 0 aliphatic rings. The van der Waals surface area contributed by atoms with Crippen LogP contribution in [0.1, 0.15) is 18.1 Å². The summed E-state index contributed by atoms with van der Waals surface area (Å²) in [6.45, 7) is 1.41. The van der Waals surface area contributed by atoms with Crippen molar-refractivity contribution in [3.63, 3.8) is 0 Å². The molecular formula is C18H18N2O5. The van der Waals surface area contributed by atoms with E-state index in [0.717, 1.165) is 5.56 Å². The zero-order valence-corrected chi connectivity index (χ0v) is 13.6. The molecule has 2 aromatic carbocycles. The van der Waals surface area contributed by atoms with Crippen molar-refractivity contribution in [3.05, 3.63) is 53.6 Å². The SMILES string of the molecule is CC(=O)Nc1ccc(CC(=O)Nc2cc(CC(=O)O)ccc2O)cc1. The van der Waals surface area contributed by atoms with Gasteiger partial charge in [0.25, 0.3) is 0 Å². The molecule has 0 heterocycles. The van der Waals surface area contributed by atoms with E-state index < -0.39 is 5.97 Å². The number of carboxylic acids is 1. The van der Waals surface area contributed by atoms with E-state index in [1.165, 1.54) is 25.1 Å². The molecule has 0 aliphatic carbocycles. The van der Waals surface area contributed by atoms with E-state index >= 15 is 0 Å². The van der Waals surface area contributed by atoms with Crippen molar-refractivity contribution in [2.24, 2.45) is 0 Å². The maximum atomic E-state index is 12.1. The molecule has 0 saturated heterocycles. The van der Waals surface area contributed by atoms with Crippen molar-refractivity contribution in [1.29, 1.82) is 0 Å². The van der Waals surface area contributed by atoms with Crippen LogP contribution in [0.5, 0.6) is 5.75 Å². The lowest BCUT2D eigenvalue weighted by molar-refractivity contribution is -0.136. The van der Waals surface area contributed by atoms with Gasteiger partial charge in [-0.1, -0.05) is 18.2 Å². The van der Waals surface area contributed by atoms with E-state index in [1.807, 2.05) is 0 Å². The third kappa shape index (κ3) is 5.65. The van der Waals surface area contributed by atoms with Gasteiger partial charge in [-0.05, 0) is 35.4 Å². The molecule has 130 valence electrons. The van der Waals surface area contributed by atoms with Gasteiger partial charge in [-0.15, -0.1) is 0 Å². The van der Waals surface area contributed by atoms with Crippen LogP contribution in [0.15, 0.2) is 42.5 Å². The van der Waals surface area contributed by atoms with E-state index in [0.29, 0.717) is 11.3 Å². The fourth-order valence-electron chi connectivity index (χ4n) is 2.26. The van der Waals surface area contributed by atoms with Crippen molar-refractivity contribution < 1.29 is 24.6 Å². The molecule has 0 aliphatic heterocycles. The number of aliphatic carboxylic acids is 1. The summed E-state index contributed by atoms with van der Waals surface area (Å²) in [7, 11) is 0. The minimum Gasteiger partial charge on any atom is -0.506 e. The Morgan fingerprint density at radius 1 is 0.920 bits per heavy atom. The van der Waals surface area contributed by atoms with Gasteiger partial charge in [0, 0.05) is 12.6 Å². The first kappa shape index (κ1) is 18.0. The summed E-state index contributed by atoms with van der Waals surface area (Å²) in [6.07, 6.45) is -0.128. The second kappa shape index (κ2) is 7.96. The van der Waals surface area contributed by atoms with E-state index in [2.05, 4.69) is 10.6 Å². The summed E-state index contributed by atoms with van der Waals surface area (Å²) < 4.78 is 0. The topological polar surface area (TPSA) is 116 Å². The second-order valence-corrected chi connectivity index (χ2v) is 5.53. The molecule has 0 fully saturated rings. The Balaban J connectivity index is 2.02. The number of rotatable bonds is 6. The predicted molar refractivity (Wildman–Crippen MR) is 92.5 cm³/mol. The summed E-state index contributed by atoms with van der Waals surface area (Å²) in [5.74, 6) is -1.66. The highest BCUT2D eigenvalue weighted by atomic mass is 16.4. The number of hydrogen-bond donors (Lipinski definition) is 4. The van der Waals surface area contributed by atoms with Gasteiger partial charge < -0.3 is 20.8 Å². The lowest BCUT2D eigenvalue weighted by atomic mass is 10.1. The maximum absolute atomic E-state index is 12.1. The van der Waals surface area contributed by atoms with Gasteiger partial charge in [0.15, 0.2) is 0 Å². The van der Waals surface area contributed by atoms with Crippen LogP contribution >= 0.6 is 0 Å². The van der Waals surface area contributed by atoms with E-state index in [9.17, 15) is 19.5 Å². The fraction of sp³-hybridized carbons (Fsp3) is 0.167. The highest BCUT2D eigenvalue weighted by Gasteiger charge is 2.10. The number of hydrogen-bond acceptors (Lipinski definition) is 4. The monoisotopic (exact) mass is 342 g/mol. The Kier molecular flexibility index (Phi) is 5.73. The first-order valence-corrected chi connectivity index (χ1v) is 7.53. The highest BCUT2D eigenvalue weighted by molar-refractivity contribution is 5.94. The van der Waals surface area contributed by atoms with Crippen LogP contribution in [0.3, 0.4) is 0 Å². The molecule has 2 rings (SSSR count). The predicted octanol–water partition coefficient (Wildman–Crippen LogP) is 2.16. The van der Waals surface area contributed by atoms with E-state index in [4.69, 9.17) is 5.11 Å². The Labute approximate surface area is 144 Å². The molecule has 0 unspecified atom stereocenters. The van der Waals surface area contributed by atoms with Crippen molar-refractivity contribution in [2.75, 3.05) is 10.6 Å². The highest BCUT2D eigenvalue weighted by Crippen LogP contribution is 2.24. The largest absolute Gasteiger partial charge is 0.506 e. The molecule has 0 aromatic heterocycles. The smallest absolute Gasteiger partial charge is 0.307 e. The molecule has 0 spiro atoms. The Morgan fingerprint density at radius 2 is 1.56 bits per heavy atom. The molecule has 7 nitrogen and oxygen atoms in total. The number of nitrogens with one attached hydrogen (secondary N) is 2. The molecule has 0 saturated carbocycles.